The van der Waals surface area contributed by atoms with Gasteiger partial charge in [-0.15, -0.1) is 0 Å². The van der Waals surface area contributed by atoms with Gasteiger partial charge in [0, 0.05) is 23.0 Å². The van der Waals surface area contributed by atoms with Crippen molar-refractivity contribution in [1.82, 2.24) is 0 Å². The molecule has 0 amide bonds. The molecule has 0 saturated carbocycles. The van der Waals surface area contributed by atoms with Crippen molar-refractivity contribution in [2.45, 2.75) is 20.3 Å². The molecule has 1 N–H and O–H groups in total. The number of aryl methyl sites for hydroxylation is 1. The van der Waals surface area contributed by atoms with E-state index >= 15 is 0 Å². The fraction of sp³-hybridized carbons (Fsp3) is 0.500. The summed E-state index contributed by atoms with van der Waals surface area (Å²) < 4.78 is 22.6. The Kier molecular flexibility index (Phi) is 5.28. The van der Waals surface area contributed by atoms with Gasteiger partial charge in [0.1, 0.15) is 9.84 Å². The normalized spacial score (nSPS) is 11.5. The second-order valence-electron chi connectivity index (χ2n) is 3.98. The van der Waals surface area contributed by atoms with Crippen LogP contribution in [0, 0.1) is 6.92 Å². The predicted octanol–water partition coefficient (Wildman–Crippen LogP) is 2.89. The molecule has 1 aromatic carbocycles. The molecule has 0 bridgehead atoms. The Balaban J connectivity index is 2.44. The van der Waals surface area contributed by atoms with Gasteiger partial charge >= 0.3 is 0 Å². The molecule has 96 valence electrons. The first-order chi connectivity index (χ1) is 7.94. The highest BCUT2D eigenvalue weighted by Gasteiger charge is 2.06. The Bertz CT molecular complexity index is 471. The van der Waals surface area contributed by atoms with Crippen molar-refractivity contribution in [3.8, 4) is 0 Å². The minimum Gasteiger partial charge on any atom is -0.385 e. The Hall–Kier alpha value is -0.740. The van der Waals surface area contributed by atoms with Gasteiger partial charge in [-0.25, -0.2) is 8.42 Å². The van der Waals surface area contributed by atoms with Gasteiger partial charge in [-0.3, -0.25) is 0 Å². The van der Waals surface area contributed by atoms with Crippen LogP contribution in [-0.4, -0.2) is 26.5 Å². The van der Waals surface area contributed by atoms with E-state index in [4.69, 9.17) is 11.6 Å². The molecule has 0 aromatic heterocycles. The van der Waals surface area contributed by atoms with E-state index in [0.29, 0.717) is 18.0 Å². The van der Waals surface area contributed by atoms with Crippen LogP contribution in [-0.2, 0) is 9.84 Å². The summed E-state index contributed by atoms with van der Waals surface area (Å²) in [5.41, 5.74) is 2.07. The third kappa shape index (κ3) is 4.96. The van der Waals surface area contributed by atoms with Crippen LogP contribution < -0.4 is 5.32 Å². The second kappa shape index (κ2) is 6.26. The van der Waals surface area contributed by atoms with E-state index in [-0.39, 0.29) is 11.5 Å². The summed E-state index contributed by atoms with van der Waals surface area (Å²) >= 11 is 5.89. The maximum absolute atomic E-state index is 11.3. The fourth-order valence-corrected chi connectivity index (χ4v) is 2.49. The zero-order valence-corrected chi connectivity index (χ0v) is 11.7. The van der Waals surface area contributed by atoms with Crippen LogP contribution in [0.1, 0.15) is 18.9 Å². The summed E-state index contributed by atoms with van der Waals surface area (Å²) in [5.74, 6) is 0.444. The van der Waals surface area contributed by atoms with Gasteiger partial charge in [-0.05, 0) is 31.0 Å². The molecule has 0 saturated heterocycles. The minimum absolute atomic E-state index is 0.212. The van der Waals surface area contributed by atoms with Crippen molar-refractivity contribution < 1.29 is 8.42 Å². The molecule has 0 spiro atoms. The molecule has 17 heavy (non-hydrogen) atoms. The third-order valence-electron chi connectivity index (χ3n) is 2.59. The molecule has 0 heterocycles. The average Bonchev–Trinajstić information content (AvgIpc) is 2.29. The number of rotatable bonds is 6. The summed E-state index contributed by atoms with van der Waals surface area (Å²) in [7, 11) is -2.86. The van der Waals surface area contributed by atoms with E-state index in [9.17, 15) is 8.42 Å². The third-order valence-corrected chi connectivity index (χ3v) is 4.61. The number of halogens is 1. The van der Waals surface area contributed by atoms with Crippen LogP contribution in [0.3, 0.4) is 0 Å². The minimum atomic E-state index is -2.86. The van der Waals surface area contributed by atoms with Crippen molar-refractivity contribution in [1.29, 1.82) is 0 Å². The number of hydrogen-bond donors (Lipinski definition) is 1. The maximum atomic E-state index is 11.3. The lowest BCUT2D eigenvalue weighted by molar-refractivity contribution is 0.595. The second-order valence-corrected chi connectivity index (χ2v) is 6.89. The lowest BCUT2D eigenvalue weighted by Crippen LogP contribution is -2.13. The number of sulfone groups is 1. The van der Waals surface area contributed by atoms with E-state index < -0.39 is 9.84 Å². The lowest BCUT2D eigenvalue weighted by atomic mass is 10.2. The molecule has 1 rings (SSSR count). The van der Waals surface area contributed by atoms with Crippen LogP contribution in [0.25, 0.3) is 0 Å². The summed E-state index contributed by atoms with van der Waals surface area (Å²) in [4.78, 5) is 0. The van der Waals surface area contributed by atoms with Gasteiger partial charge in [0.15, 0.2) is 0 Å². The molecule has 0 unspecified atom stereocenters. The molecule has 5 heteroatoms. The summed E-state index contributed by atoms with van der Waals surface area (Å²) in [6.45, 7) is 4.30. The van der Waals surface area contributed by atoms with Crippen molar-refractivity contribution >= 4 is 27.1 Å². The van der Waals surface area contributed by atoms with Crippen LogP contribution in [0.15, 0.2) is 18.2 Å². The fourth-order valence-electron chi connectivity index (χ4n) is 1.44. The summed E-state index contributed by atoms with van der Waals surface area (Å²) in [6, 6.07) is 5.63. The molecule has 3 nitrogen and oxygen atoms in total. The van der Waals surface area contributed by atoms with Crippen molar-refractivity contribution in [3.05, 3.63) is 28.8 Å². The Morgan fingerprint density at radius 2 is 2.06 bits per heavy atom. The van der Waals surface area contributed by atoms with E-state index in [0.717, 1.165) is 11.3 Å². The van der Waals surface area contributed by atoms with E-state index in [1.807, 2.05) is 25.1 Å². The van der Waals surface area contributed by atoms with Crippen LogP contribution in [0.4, 0.5) is 5.69 Å². The lowest BCUT2D eigenvalue weighted by Gasteiger charge is -2.09. The van der Waals surface area contributed by atoms with Gasteiger partial charge in [-0.2, -0.15) is 0 Å². The van der Waals surface area contributed by atoms with Crippen molar-refractivity contribution in [2.24, 2.45) is 0 Å². The van der Waals surface area contributed by atoms with E-state index in [1.165, 1.54) is 0 Å². The van der Waals surface area contributed by atoms with Crippen LogP contribution in [0.5, 0.6) is 0 Å². The van der Waals surface area contributed by atoms with Crippen LogP contribution in [0.2, 0.25) is 5.02 Å². The molecule has 0 aliphatic rings. The molecule has 0 fully saturated rings. The first-order valence-electron chi connectivity index (χ1n) is 5.65. The molecular weight excluding hydrogens is 258 g/mol. The summed E-state index contributed by atoms with van der Waals surface area (Å²) in [6.07, 6.45) is 0.613. The molecule has 0 aliphatic heterocycles. The van der Waals surface area contributed by atoms with E-state index in [2.05, 4.69) is 5.32 Å². The quantitative estimate of drug-likeness (QED) is 0.812. The Labute approximate surface area is 108 Å². The largest absolute Gasteiger partial charge is 0.385 e. The zero-order valence-electron chi connectivity index (χ0n) is 10.2. The van der Waals surface area contributed by atoms with Crippen molar-refractivity contribution in [3.63, 3.8) is 0 Å². The van der Waals surface area contributed by atoms with Gasteiger partial charge in [0.05, 0.1) is 5.75 Å². The highest BCUT2D eigenvalue weighted by molar-refractivity contribution is 7.91. The number of hydrogen-bond acceptors (Lipinski definition) is 3. The van der Waals surface area contributed by atoms with E-state index in [1.54, 1.807) is 6.92 Å². The number of nitrogens with one attached hydrogen (secondary N) is 1. The first kappa shape index (κ1) is 14.3. The predicted molar refractivity (Wildman–Crippen MR) is 73.6 cm³/mol. The molecular formula is C12H18ClNO2S. The monoisotopic (exact) mass is 275 g/mol. The number of anilines is 1. The smallest absolute Gasteiger partial charge is 0.150 e. The Morgan fingerprint density at radius 1 is 1.35 bits per heavy atom. The Morgan fingerprint density at radius 3 is 2.71 bits per heavy atom. The van der Waals surface area contributed by atoms with Gasteiger partial charge in [0.25, 0.3) is 0 Å². The highest BCUT2D eigenvalue weighted by atomic mass is 35.5. The van der Waals surface area contributed by atoms with Crippen LogP contribution >= 0.6 is 11.6 Å². The SMILES string of the molecule is CCS(=O)(=O)CCCNc1cc(Cl)ccc1C. The molecule has 0 aliphatic carbocycles. The highest BCUT2D eigenvalue weighted by Crippen LogP contribution is 2.19. The zero-order chi connectivity index (χ0) is 12.9. The average molecular weight is 276 g/mol. The van der Waals surface area contributed by atoms with Gasteiger partial charge in [0.2, 0.25) is 0 Å². The van der Waals surface area contributed by atoms with Gasteiger partial charge < -0.3 is 5.32 Å². The topological polar surface area (TPSA) is 46.2 Å². The maximum Gasteiger partial charge on any atom is 0.150 e. The molecule has 0 radical (unpaired) electrons. The van der Waals surface area contributed by atoms with Crippen molar-refractivity contribution in [2.75, 3.05) is 23.4 Å². The summed E-state index contributed by atoms with van der Waals surface area (Å²) in [5, 5.41) is 3.88. The molecule has 1 aromatic rings. The first-order valence-corrected chi connectivity index (χ1v) is 7.85. The standard InChI is InChI=1S/C12H18ClNO2S/c1-3-17(15,16)8-4-7-14-12-9-11(13)6-5-10(12)2/h5-6,9,14H,3-4,7-8H2,1-2H3. The van der Waals surface area contributed by atoms with Gasteiger partial charge in [-0.1, -0.05) is 24.6 Å². The molecule has 0 atom stereocenters. The number of benzene rings is 1.